The van der Waals surface area contributed by atoms with Crippen LogP contribution in [0.15, 0.2) is 36.5 Å². The third-order valence-corrected chi connectivity index (χ3v) is 3.80. The molecule has 126 valence electrons. The van der Waals surface area contributed by atoms with Gasteiger partial charge < -0.3 is 16.4 Å². The topological polar surface area (TPSA) is 80.0 Å². The number of carbonyl (C=O) groups excluding carboxylic acids is 1. The highest BCUT2D eigenvalue weighted by Gasteiger charge is 2.21. The minimum absolute atomic E-state index is 0.0312. The molecule has 0 saturated heterocycles. The van der Waals surface area contributed by atoms with E-state index in [2.05, 4.69) is 15.6 Å². The Morgan fingerprint density at radius 3 is 2.71 bits per heavy atom. The zero-order valence-corrected chi connectivity index (χ0v) is 12.9. The summed E-state index contributed by atoms with van der Waals surface area (Å²) in [6.45, 7) is 0.0312. The van der Waals surface area contributed by atoms with Crippen LogP contribution in [0.3, 0.4) is 0 Å². The Morgan fingerprint density at radius 2 is 2.08 bits per heavy atom. The number of amides is 1. The molecule has 1 aliphatic carbocycles. The van der Waals surface area contributed by atoms with Gasteiger partial charge in [-0.3, -0.25) is 4.79 Å². The molecule has 1 unspecified atom stereocenters. The highest BCUT2D eigenvalue weighted by molar-refractivity contribution is 5.94. The van der Waals surface area contributed by atoms with Crippen LogP contribution in [0, 0.1) is 11.6 Å². The second-order valence-corrected chi connectivity index (χ2v) is 5.83. The van der Waals surface area contributed by atoms with Crippen molar-refractivity contribution in [2.24, 2.45) is 5.73 Å². The Kier molecular flexibility index (Phi) is 4.71. The van der Waals surface area contributed by atoms with E-state index in [1.54, 1.807) is 12.1 Å². The molecule has 1 fully saturated rings. The van der Waals surface area contributed by atoms with Crippen LogP contribution in [0.5, 0.6) is 0 Å². The Balaban J connectivity index is 1.56. The molecule has 3 rings (SSSR count). The monoisotopic (exact) mass is 332 g/mol. The second kappa shape index (κ2) is 6.92. The van der Waals surface area contributed by atoms with Gasteiger partial charge >= 0.3 is 0 Å². The molecule has 0 aliphatic heterocycles. The van der Waals surface area contributed by atoms with Crippen molar-refractivity contribution in [1.29, 1.82) is 0 Å². The number of halogens is 2. The number of rotatable bonds is 6. The first-order chi connectivity index (χ1) is 11.5. The summed E-state index contributed by atoms with van der Waals surface area (Å²) >= 11 is 0. The fourth-order valence-electron chi connectivity index (χ4n) is 2.27. The van der Waals surface area contributed by atoms with Crippen molar-refractivity contribution in [3.63, 3.8) is 0 Å². The molecule has 0 radical (unpaired) electrons. The summed E-state index contributed by atoms with van der Waals surface area (Å²) in [5, 5.41) is 5.86. The molecule has 1 amide bonds. The number of nitrogens with zero attached hydrogens (tertiary/aromatic N) is 1. The molecule has 0 spiro atoms. The van der Waals surface area contributed by atoms with E-state index in [1.807, 2.05) is 0 Å². The van der Waals surface area contributed by atoms with Crippen molar-refractivity contribution in [3.8, 4) is 0 Å². The molecule has 1 atom stereocenters. The highest BCUT2D eigenvalue weighted by Crippen LogP contribution is 2.23. The summed E-state index contributed by atoms with van der Waals surface area (Å²) < 4.78 is 26.6. The van der Waals surface area contributed by atoms with Crippen LogP contribution >= 0.6 is 0 Å². The number of nitrogens with one attached hydrogen (secondary N) is 2. The van der Waals surface area contributed by atoms with Gasteiger partial charge in [-0.05, 0) is 31.0 Å². The van der Waals surface area contributed by atoms with Crippen molar-refractivity contribution >= 4 is 11.7 Å². The van der Waals surface area contributed by atoms with E-state index in [0.29, 0.717) is 11.6 Å². The maximum atomic E-state index is 13.7. The van der Waals surface area contributed by atoms with Crippen LogP contribution < -0.4 is 16.4 Å². The Morgan fingerprint density at radius 1 is 1.29 bits per heavy atom. The molecule has 1 aliphatic rings. The molecule has 2 aromatic rings. The number of hydrogen-bond acceptors (Lipinski definition) is 4. The molecule has 1 aromatic heterocycles. The van der Waals surface area contributed by atoms with E-state index < -0.39 is 17.7 Å². The molecule has 1 aromatic carbocycles. The van der Waals surface area contributed by atoms with Gasteiger partial charge in [0.15, 0.2) is 0 Å². The summed E-state index contributed by atoms with van der Waals surface area (Å²) in [6.07, 6.45) is 3.76. The van der Waals surface area contributed by atoms with E-state index in [1.165, 1.54) is 12.3 Å². The lowest BCUT2D eigenvalue weighted by Crippen LogP contribution is -2.32. The number of aromatic nitrogens is 1. The van der Waals surface area contributed by atoms with E-state index in [9.17, 15) is 13.6 Å². The summed E-state index contributed by atoms with van der Waals surface area (Å²) in [6, 6.07) is 6.31. The van der Waals surface area contributed by atoms with E-state index in [0.717, 1.165) is 30.8 Å². The quantitative estimate of drug-likeness (QED) is 0.759. The third kappa shape index (κ3) is 4.05. The predicted molar refractivity (Wildman–Crippen MR) is 86.5 cm³/mol. The van der Waals surface area contributed by atoms with E-state index >= 15 is 0 Å². The van der Waals surface area contributed by atoms with Crippen LogP contribution in [0.25, 0.3) is 0 Å². The Hall–Kier alpha value is -2.54. The van der Waals surface area contributed by atoms with Gasteiger partial charge in [0.25, 0.3) is 5.91 Å². The van der Waals surface area contributed by atoms with Crippen LogP contribution in [-0.4, -0.2) is 23.5 Å². The third-order valence-electron chi connectivity index (χ3n) is 3.80. The fraction of sp³-hybridized carbons (Fsp3) is 0.294. The molecule has 0 bridgehead atoms. The molecule has 1 saturated carbocycles. The van der Waals surface area contributed by atoms with Gasteiger partial charge in [-0.25, -0.2) is 13.8 Å². The average molecular weight is 332 g/mol. The van der Waals surface area contributed by atoms with Gasteiger partial charge in [0, 0.05) is 30.4 Å². The molecular weight excluding hydrogens is 314 g/mol. The summed E-state index contributed by atoms with van der Waals surface area (Å²) in [5.41, 5.74) is 6.40. The largest absolute Gasteiger partial charge is 0.367 e. The number of carbonyl (C=O) groups is 1. The molecule has 1 heterocycles. The number of anilines is 1. The lowest BCUT2D eigenvalue weighted by atomic mass is 10.1. The van der Waals surface area contributed by atoms with Gasteiger partial charge in [-0.1, -0.05) is 6.07 Å². The van der Waals surface area contributed by atoms with Gasteiger partial charge in [0.2, 0.25) is 0 Å². The summed E-state index contributed by atoms with van der Waals surface area (Å²) in [5.74, 6) is -1.01. The van der Waals surface area contributed by atoms with Gasteiger partial charge in [0.05, 0.1) is 11.6 Å². The minimum Gasteiger partial charge on any atom is -0.367 e. The average Bonchev–Trinajstić information content (AvgIpc) is 3.37. The first kappa shape index (κ1) is 16.3. The lowest BCUT2D eigenvalue weighted by Gasteiger charge is -2.14. The van der Waals surface area contributed by atoms with Crippen molar-refractivity contribution in [2.45, 2.75) is 24.9 Å². The van der Waals surface area contributed by atoms with Gasteiger partial charge in [-0.2, -0.15) is 0 Å². The first-order valence-corrected chi connectivity index (χ1v) is 7.74. The second-order valence-electron chi connectivity index (χ2n) is 5.83. The van der Waals surface area contributed by atoms with E-state index in [4.69, 9.17) is 5.73 Å². The normalized spacial score (nSPS) is 15.0. The number of pyridine rings is 1. The first-order valence-electron chi connectivity index (χ1n) is 7.74. The number of benzene rings is 1. The summed E-state index contributed by atoms with van der Waals surface area (Å²) in [4.78, 5) is 16.3. The van der Waals surface area contributed by atoms with Crippen molar-refractivity contribution in [2.75, 3.05) is 11.9 Å². The van der Waals surface area contributed by atoms with Crippen LogP contribution in [-0.2, 0) is 0 Å². The van der Waals surface area contributed by atoms with Crippen molar-refractivity contribution in [1.82, 2.24) is 10.3 Å². The fourth-order valence-corrected chi connectivity index (χ4v) is 2.27. The highest BCUT2D eigenvalue weighted by atomic mass is 19.1. The number of nitrogens with two attached hydrogens (primary N) is 1. The minimum atomic E-state index is -0.765. The predicted octanol–water partition coefficient (Wildman–Crippen LogP) is 2.36. The Bertz CT molecular complexity index is 732. The zero-order valence-electron chi connectivity index (χ0n) is 12.9. The summed E-state index contributed by atoms with van der Waals surface area (Å²) in [7, 11) is 0. The molecule has 24 heavy (non-hydrogen) atoms. The maximum absolute atomic E-state index is 13.7. The van der Waals surface area contributed by atoms with Gasteiger partial charge in [0.1, 0.15) is 17.5 Å². The van der Waals surface area contributed by atoms with Crippen molar-refractivity contribution < 1.29 is 13.6 Å². The molecular formula is C17H18F2N4O. The van der Waals surface area contributed by atoms with Crippen LogP contribution in [0.1, 0.15) is 34.8 Å². The standard InChI is InChI=1S/C17H18F2N4O/c18-11-2-5-13(14(19)7-11)15(20)9-22-17(24)10-1-6-16(21-8-10)23-12-3-4-12/h1-2,5-8,12,15H,3-4,9,20H2,(H,21,23)(H,22,24). The molecule has 5 nitrogen and oxygen atoms in total. The zero-order chi connectivity index (χ0) is 17.1. The lowest BCUT2D eigenvalue weighted by molar-refractivity contribution is 0.0950. The van der Waals surface area contributed by atoms with Crippen molar-refractivity contribution in [3.05, 3.63) is 59.3 Å². The Labute approximate surface area is 138 Å². The SMILES string of the molecule is NC(CNC(=O)c1ccc(NC2CC2)nc1)c1ccc(F)cc1F. The molecule has 7 heteroatoms. The van der Waals surface area contributed by atoms with Crippen LogP contribution in [0.4, 0.5) is 14.6 Å². The maximum Gasteiger partial charge on any atom is 0.252 e. The number of hydrogen-bond donors (Lipinski definition) is 3. The van der Waals surface area contributed by atoms with Crippen LogP contribution in [0.2, 0.25) is 0 Å². The van der Waals surface area contributed by atoms with Gasteiger partial charge in [-0.15, -0.1) is 0 Å². The van der Waals surface area contributed by atoms with E-state index in [-0.39, 0.29) is 18.0 Å². The molecule has 4 N–H and O–H groups in total. The smallest absolute Gasteiger partial charge is 0.252 e.